The number of guanidine groups is 1. The van der Waals surface area contributed by atoms with Crippen LogP contribution in [0.2, 0.25) is 0 Å². The summed E-state index contributed by atoms with van der Waals surface area (Å²) < 4.78 is 0. The highest BCUT2D eigenvalue weighted by atomic mass is 16.1. The number of aryl methyl sites for hydroxylation is 1. The van der Waals surface area contributed by atoms with Crippen LogP contribution in [0.1, 0.15) is 24.0 Å². The number of hydrogen-bond donors (Lipinski definition) is 3. The highest BCUT2D eigenvalue weighted by Crippen LogP contribution is 2.01. The van der Waals surface area contributed by atoms with E-state index < -0.39 is 0 Å². The number of carbonyl (C=O) groups is 1. The van der Waals surface area contributed by atoms with Crippen molar-refractivity contribution in [3.05, 3.63) is 71.8 Å². The number of nitrogens with one attached hydrogen (secondary N) is 3. The van der Waals surface area contributed by atoms with Crippen molar-refractivity contribution in [2.75, 3.05) is 20.1 Å². The van der Waals surface area contributed by atoms with Crippen molar-refractivity contribution in [3.8, 4) is 0 Å². The molecular formula is C21H28N4O. The Morgan fingerprint density at radius 3 is 2.12 bits per heavy atom. The zero-order chi connectivity index (χ0) is 18.5. The van der Waals surface area contributed by atoms with Crippen LogP contribution in [0.5, 0.6) is 0 Å². The molecule has 3 N–H and O–H groups in total. The maximum absolute atomic E-state index is 11.9. The fourth-order valence-corrected chi connectivity index (χ4v) is 2.54. The molecule has 2 aromatic rings. The second kappa shape index (κ2) is 11.7. The van der Waals surface area contributed by atoms with Gasteiger partial charge in [-0.3, -0.25) is 9.79 Å². The summed E-state index contributed by atoms with van der Waals surface area (Å²) in [7, 11) is 1.74. The molecule has 0 saturated heterocycles. The van der Waals surface area contributed by atoms with Gasteiger partial charge >= 0.3 is 0 Å². The van der Waals surface area contributed by atoms with Gasteiger partial charge in [0.2, 0.25) is 5.91 Å². The van der Waals surface area contributed by atoms with E-state index in [9.17, 15) is 4.79 Å². The Bertz CT molecular complexity index is 671. The molecule has 2 rings (SSSR count). The lowest BCUT2D eigenvalue weighted by molar-refractivity contribution is -0.121. The first-order valence-corrected chi connectivity index (χ1v) is 9.07. The SMILES string of the molecule is CN=C(NCCCc1ccccc1)NCCC(=O)NCc1ccccc1. The second-order valence-electron chi connectivity index (χ2n) is 6.03. The van der Waals surface area contributed by atoms with E-state index in [-0.39, 0.29) is 5.91 Å². The van der Waals surface area contributed by atoms with Crippen molar-refractivity contribution in [2.45, 2.75) is 25.8 Å². The van der Waals surface area contributed by atoms with Crippen LogP contribution < -0.4 is 16.0 Å². The van der Waals surface area contributed by atoms with Crippen molar-refractivity contribution in [2.24, 2.45) is 4.99 Å². The molecule has 5 nitrogen and oxygen atoms in total. The maximum atomic E-state index is 11.9. The molecule has 1 amide bonds. The van der Waals surface area contributed by atoms with Gasteiger partial charge in [0.25, 0.3) is 0 Å². The number of amides is 1. The average Bonchev–Trinajstić information content (AvgIpc) is 2.70. The van der Waals surface area contributed by atoms with Crippen LogP contribution in [-0.2, 0) is 17.8 Å². The Labute approximate surface area is 155 Å². The summed E-state index contributed by atoms with van der Waals surface area (Å²) in [5, 5.41) is 9.38. The minimum atomic E-state index is 0.0286. The maximum Gasteiger partial charge on any atom is 0.222 e. The molecule has 0 saturated carbocycles. The normalized spacial score (nSPS) is 11.0. The second-order valence-corrected chi connectivity index (χ2v) is 6.03. The van der Waals surface area contributed by atoms with Crippen LogP contribution in [0, 0.1) is 0 Å². The highest BCUT2D eigenvalue weighted by molar-refractivity contribution is 5.81. The number of benzene rings is 2. The van der Waals surface area contributed by atoms with Crippen LogP contribution in [0.15, 0.2) is 65.7 Å². The summed E-state index contributed by atoms with van der Waals surface area (Å²) in [6.45, 7) is 1.96. The number of carbonyl (C=O) groups excluding carboxylic acids is 1. The molecule has 0 bridgehead atoms. The van der Waals surface area contributed by atoms with Gasteiger partial charge in [-0.25, -0.2) is 0 Å². The quantitative estimate of drug-likeness (QED) is 0.369. The van der Waals surface area contributed by atoms with Gasteiger partial charge < -0.3 is 16.0 Å². The Balaban J connectivity index is 1.56. The summed E-state index contributed by atoms with van der Waals surface area (Å²) in [6, 6.07) is 20.3. The molecule has 0 aliphatic carbocycles. The molecular weight excluding hydrogens is 324 g/mol. The Morgan fingerprint density at radius 1 is 0.846 bits per heavy atom. The molecule has 2 aromatic carbocycles. The molecule has 0 aliphatic rings. The molecule has 0 aromatic heterocycles. The third kappa shape index (κ3) is 7.83. The van der Waals surface area contributed by atoms with Gasteiger partial charge in [0, 0.05) is 33.1 Å². The zero-order valence-corrected chi connectivity index (χ0v) is 15.4. The molecule has 0 heterocycles. The van der Waals surface area contributed by atoms with E-state index in [0.29, 0.717) is 19.5 Å². The molecule has 0 spiro atoms. The fraction of sp³-hybridized carbons (Fsp3) is 0.333. The molecule has 0 atom stereocenters. The van der Waals surface area contributed by atoms with Gasteiger partial charge in [0.15, 0.2) is 5.96 Å². The van der Waals surface area contributed by atoms with Crippen LogP contribution >= 0.6 is 0 Å². The van der Waals surface area contributed by atoms with Crippen molar-refractivity contribution >= 4 is 11.9 Å². The van der Waals surface area contributed by atoms with Crippen molar-refractivity contribution in [1.29, 1.82) is 0 Å². The molecule has 0 aliphatic heterocycles. The number of nitrogens with zero attached hydrogens (tertiary/aromatic N) is 1. The first-order valence-electron chi connectivity index (χ1n) is 9.07. The Kier molecular flexibility index (Phi) is 8.77. The van der Waals surface area contributed by atoms with Gasteiger partial charge in [0.05, 0.1) is 0 Å². The van der Waals surface area contributed by atoms with E-state index in [2.05, 4.69) is 45.2 Å². The average molecular weight is 352 g/mol. The smallest absolute Gasteiger partial charge is 0.222 e. The highest BCUT2D eigenvalue weighted by Gasteiger charge is 2.03. The third-order valence-corrected chi connectivity index (χ3v) is 3.98. The van der Waals surface area contributed by atoms with E-state index in [0.717, 1.165) is 30.9 Å². The monoisotopic (exact) mass is 352 g/mol. The summed E-state index contributed by atoms with van der Waals surface area (Å²) in [4.78, 5) is 16.1. The van der Waals surface area contributed by atoms with E-state index in [1.165, 1.54) is 5.56 Å². The van der Waals surface area contributed by atoms with Gasteiger partial charge in [-0.15, -0.1) is 0 Å². The number of hydrogen-bond acceptors (Lipinski definition) is 2. The first kappa shape index (κ1) is 19.5. The molecule has 26 heavy (non-hydrogen) atoms. The van der Waals surface area contributed by atoms with Crippen molar-refractivity contribution in [1.82, 2.24) is 16.0 Å². The Hall–Kier alpha value is -2.82. The summed E-state index contributed by atoms with van der Waals surface area (Å²) >= 11 is 0. The molecule has 0 unspecified atom stereocenters. The molecule has 5 heteroatoms. The number of rotatable bonds is 9. The van der Waals surface area contributed by atoms with Gasteiger partial charge in [-0.2, -0.15) is 0 Å². The minimum Gasteiger partial charge on any atom is -0.356 e. The minimum absolute atomic E-state index is 0.0286. The first-order chi connectivity index (χ1) is 12.8. The van der Waals surface area contributed by atoms with Crippen LogP contribution in [0.25, 0.3) is 0 Å². The van der Waals surface area contributed by atoms with E-state index in [4.69, 9.17) is 0 Å². The van der Waals surface area contributed by atoms with Gasteiger partial charge in [-0.05, 0) is 24.0 Å². The lowest BCUT2D eigenvalue weighted by Gasteiger charge is -2.12. The van der Waals surface area contributed by atoms with Gasteiger partial charge in [-0.1, -0.05) is 60.7 Å². The molecule has 0 radical (unpaired) electrons. The number of aliphatic imine (C=N–C) groups is 1. The summed E-state index contributed by atoms with van der Waals surface area (Å²) in [6.07, 6.45) is 2.48. The topological polar surface area (TPSA) is 65.5 Å². The molecule has 138 valence electrons. The van der Waals surface area contributed by atoms with E-state index in [1.54, 1.807) is 7.05 Å². The standard InChI is InChI=1S/C21H28N4O/c1-22-21(23-15-8-13-18-9-4-2-5-10-18)24-16-14-20(26)25-17-19-11-6-3-7-12-19/h2-7,9-12H,8,13-17H2,1H3,(H,25,26)(H2,22,23,24). The summed E-state index contributed by atoms with van der Waals surface area (Å²) in [5.74, 6) is 0.759. The van der Waals surface area contributed by atoms with E-state index in [1.807, 2.05) is 36.4 Å². The van der Waals surface area contributed by atoms with Gasteiger partial charge in [0.1, 0.15) is 0 Å². The summed E-state index contributed by atoms with van der Waals surface area (Å²) in [5.41, 5.74) is 2.44. The lowest BCUT2D eigenvalue weighted by atomic mass is 10.1. The molecule has 0 fully saturated rings. The van der Waals surface area contributed by atoms with Crippen molar-refractivity contribution in [3.63, 3.8) is 0 Å². The predicted molar refractivity (Wildman–Crippen MR) is 107 cm³/mol. The fourth-order valence-electron chi connectivity index (χ4n) is 2.54. The predicted octanol–water partition coefficient (Wildman–Crippen LogP) is 2.49. The largest absolute Gasteiger partial charge is 0.356 e. The third-order valence-electron chi connectivity index (χ3n) is 3.98. The lowest BCUT2D eigenvalue weighted by Crippen LogP contribution is -2.39. The zero-order valence-electron chi connectivity index (χ0n) is 15.4. The van der Waals surface area contributed by atoms with Crippen LogP contribution in [0.4, 0.5) is 0 Å². The Morgan fingerprint density at radius 2 is 1.46 bits per heavy atom. The van der Waals surface area contributed by atoms with E-state index >= 15 is 0 Å². The van der Waals surface area contributed by atoms with Crippen molar-refractivity contribution < 1.29 is 4.79 Å². The van der Waals surface area contributed by atoms with Crippen LogP contribution in [0.3, 0.4) is 0 Å². The van der Waals surface area contributed by atoms with Crippen LogP contribution in [-0.4, -0.2) is 32.0 Å².